The van der Waals surface area contributed by atoms with E-state index in [1.165, 1.54) is 25.1 Å². The van der Waals surface area contributed by atoms with Gasteiger partial charge in [-0.05, 0) is 66.9 Å². The Morgan fingerprint density at radius 3 is 2.43 bits per heavy atom. The maximum Gasteiger partial charge on any atom is 0.191 e. The molecule has 3 aromatic rings. The van der Waals surface area contributed by atoms with Gasteiger partial charge in [-0.25, -0.2) is 17.6 Å². The van der Waals surface area contributed by atoms with Crippen LogP contribution in [0.4, 0.5) is 23.2 Å². The number of halogens is 4. The number of benzene rings is 3. The molecule has 0 atom stereocenters. The number of ketones is 1. The molecule has 0 spiro atoms. The number of nitrogens with one attached hydrogen (secondary N) is 1. The zero-order chi connectivity index (χ0) is 21.8. The number of rotatable bonds is 7. The summed E-state index contributed by atoms with van der Waals surface area (Å²) < 4.78 is 61.9. The van der Waals surface area contributed by atoms with Crippen LogP contribution < -0.4 is 10.1 Å². The van der Waals surface area contributed by atoms with Crippen molar-refractivity contribution in [1.29, 1.82) is 0 Å². The molecule has 7 heteroatoms. The number of carbonyl (C=O) groups excluding carboxylic acids is 1. The highest BCUT2D eigenvalue weighted by Crippen LogP contribution is 2.30. The first-order chi connectivity index (χ1) is 14.3. The molecule has 0 saturated carbocycles. The van der Waals surface area contributed by atoms with Gasteiger partial charge in [-0.2, -0.15) is 0 Å². The summed E-state index contributed by atoms with van der Waals surface area (Å²) in [5, 5.41) is 2.55. The van der Waals surface area contributed by atoms with Crippen LogP contribution in [0.5, 0.6) is 5.75 Å². The van der Waals surface area contributed by atoms with Crippen molar-refractivity contribution in [2.75, 3.05) is 11.9 Å². The van der Waals surface area contributed by atoms with E-state index in [0.717, 1.165) is 12.1 Å². The van der Waals surface area contributed by atoms with E-state index in [0.29, 0.717) is 16.7 Å². The highest BCUT2D eigenvalue weighted by molar-refractivity contribution is 5.77. The molecule has 0 heterocycles. The Hall–Kier alpha value is -3.35. The Kier molecular flexibility index (Phi) is 6.40. The van der Waals surface area contributed by atoms with Crippen LogP contribution in [-0.2, 0) is 11.3 Å². The predicted octanol–water partition coefficient (Wildman–Crippen LogP) is 5.80. The van der Waals surface area contributed by atoms with Crippen LogP contribution in [0.2, 0.25) is 0 Å². The molecule has 0 bridgehead atoms. The molecule has 0 saturated heterocycles. The van der Waals surface area contributed by atoms with Crippen molar-refractivity contribution in [3.63, 3.8) is 0 Å². The third-order valence-electron chi connectivity index (χ3n) is 4.43. The minimum Gasteiger partial charge on any atom is -0.483 e. The Bertz CT molecular complexity index is 1100. The van der Waals surface area contributed by atoms with Crippen molar-refractivity contribution in [1.82, 2.24) is 0 Å². The molecule has 156 valence electrons. The van der Waals surface area contributed by atoms with E-state index >= 15 is 0 Å². The normalized spacial score (nSPS) is 10.7. The third kappa shape index (κ3) is 4.79. The molecule has 0 unspecified atom stereocenters. The lowest BCUT2D eigenvalue weighted by Gasteiger charge is -2.14. The predicted molar refractivity (Wildman–Crippen MR) is 106 cm³/mol. The molecule has 0 aliphatic carbocycles. The van der Waals surface area contributed by atoms with Gasteiger partial charge in [0.25, 0.3) is 0 Å². The van der Waals surface area contributed by atoms with Crippen LogP contribution in [-0.4, -0.2) is 12.4 Å². The van der Waals surface area contributed by atoms with E-state index in [-0.39, 0.29) is 30.2 Å². The Balaban J connectivity index is 1.89. The molecule has 0 fully saturated rings. The molecular weight excluding hydrogens is 398 g/mol. The van der Waals surface area contributed by atoms with Crippen molar-refractivity contribution >= 4 is 11.5 Å². The minimum absolute atomic E-state index is 0.156. The number of anilines is 1. The summed E-state index contributed by atoms with van der Waals surface area (Å²) in [4.78, 5) is 11.0. The molecule has 3 nitrogen and oxygen atoms in total. The summed E-state index contributed by atoms with van der Waals surface area (Å²) in [5.74, 6) is -3.48. The molecule has 0 aromatic heterocycles. The zero-order valence-electron chi connectivity index (χ0n) is 16.4. The van der Waals surface area contributed by atoms with Gasteiger partial charge in [0.2, 0.25) is 0 Å². The van der Waals surface area contributed by atoms with E-state index < -0.39 is 29.0 Å². The number of Topliss-reactive ketones (excluding diaryl/α,β-unsaturated/α-hetero) is 1. The second-order valence-electron chi connectivity index (χ2n) is 6.86. The lowest BCUT2D eigenvalue weighted by Crippen LogP contribution is -2.10. The minimum atomic E-state index is -1.02. The lowest BCUT2D eigenvalue weighted by molar-refractivity contribution is -0.118. The van der Waals surface area contributed by atoms with E-state index in [4.69, 9.17) is 4.74 Å². The Morgan fingerprint density at radius 2 is 1.73 bits per heavy atom. The fraction of sp³-hybridized carbons (Fsp3) is 0.174. The average Bonchev–Trinajstić information content (AvgIpc) is 2.70. The summed E-state index contributed by atoms with van der Waals surface area (Å²) in [6.07, 6.45) is 0. The first-order valence-corrected chi connectivity index (χ1v) is 9.15. The highest BCUT2D eigenvalue weighted by atomic mass is 19.1. The van der Waals surface area contributed by atoms with Gasteiger partial charge in [0.05, 0.1) is 0 Å². The number of carbonyl (C=O) groups is 1. The zero-order valence-corrected chi connectivity index (χ0v) is 16.4. The van der Waals surface area contributed by atoms with Crippen LogP contribution in [0.25, 0.3) is 11.1 Å². The maximum atomic E-state index is 14.6. The fourth-order valence-corrected chi connectivity index (χ4v) is 2.98. The molecule has 0 aliphatic heterocycles. The van der Waals surface area contributed by atoms with Crippen LogP contribution in [0.1, 0.15) is 18.1 Å². The van der Waals surface area contributed by atoms with Crippen molar-refractivity contribution in [3.8, 4) is 16.9 Å². The monoisotopic (exact) mass is 417 g/mol. The van der Waals surface area contributed by atoms with Crippen LogP contribution in [0.15, 0.2) is 48.5 Å². The van der Waals surface area contributed by atoms with Gasteiger partial charge in [-0.15, -0.1) is 0 Å². The number of hydrogen-bond acceptors (Lipinski definition) is 3. The van der Waals surface area contributed by atoms with Gasteiger partial charge in [0.1, 0.15) is 29.7 Å². The third-order valence-corrected chi connectivity index (χ3v) is 4.43. The quantitative estimate of drug-likeness (QED) is 0.494. The number of aryl methyl sites for hydroxylation is 1. The van der Waals surface area contributed by atoms with Gasteiger partial charge < -0.3 is 10.1 Å². The van der Waals surface area contributed by atoms with Crippen LogP contribution in [0, 0.1) is 30.2 Å². The number of ether oxygens (including phenoxy) is 1. The van der Waals surface area contributed by atoms with E-state index in [1.807, 2.05) is 0 Å². The largest absolute Gasteiger partial charge is 0.483 e. The highest BCUT2D eigenvalue weighted by Gasteiger charge is 2.17. The smallest absolute Gasteiger partial charge is 0.191 e. The molecule has 0 amide bonds. The van der Waals surface area contributed by atoms with Crippen LogP contribution in [0.3, 0.4) is 0 Å². The van der Waals surface area contributed by atoms with Crippen molar-refractivity contribution in [2.24, 2.45) is 0 Å². The molecule has 0 aliphatic rings. The van der Waals surface area contributed by atoms with Crippen LogP contribution >= 0.6 is 0 Å². The average molecular weight is 417 g/mol. The summed E-state index contributed by atoms with van der Waals surface area (Å²) in [6.45, 7) is 2.25. The van der Waals surface area contributed by atoms with E-state index in [9.17, 15) is 22.4 Å². The van der Waals surface area contributed by atoms with Gasteiger partial charge >= 0.3 is 0 Å². The topological polar surface area (TPSA) is 38.3 Å². The molecule has 3 aromatic carbocycles. The summed E-state index contributed by atoms with van der Waals surface area (Å²) in [6, 6.07) is 11.0. The van der Waals surface area contributed by atoms with Crippen molar-refractivity contribution in [2.45, 2.75) is 20.4 Å². The van der Waals surface area contributed by atoms with Gasteiger partial charge in [-0.1, -0.05) is 12.1 Å². The SMILES string of the molecule is CC(=O)COc1ccc(F)c(NCc2cc(-c3cccc(F)c3)cc(C)c2F)c1F. The molecule has 30 heavy (non-hydrogen) atoms. The molecular formula is C23H19F4NO2. The molecule has 0 radical (unpaired) electrons. The van der Waals surface area contributed by atoms with E-state index in [1.54, 1.807) is 25.1 Å². The Labute approximate surface area is 171 Å². The van der Waals surface area contributed by atoms with Gasteiger partial charge in [-0.3, -0.25) is 4.79 Å². The summed E-state index contributed by atoms with van der Waals surface area (Å²) in [5.41, 5.74) is 1.10. The Morgan fingerprint density at radius 1 is 0.967 bits per heavy atom. The van der Waals surface area contributed by atoms with E-state index in [2.05, 4.69) is 5.32 Å². The lowest BCUT2D eigenvalue weighted by atomic mass is 9.99. The standard InChI is InChI=1S/C23H19F4NO2/c1-13-8-16(15-4-3-5-18(24)10-15)9-17(21(13)26)11-28-23-19(25)6-7-20(22(23)27)30-12-14(2)29/h3-10,28H,11-12H2,1-2H3. The first-order valence-electron chi connectivity index (χ1n) is 9.15. The number of hydrogen-bond donors (Lipinski definition) is 1. The summed E-state index contributed by atoms with van der Waals surface area (Å²) in [7, 11) is 0. The van der Waals surface area contributed by atoms with Gasteiger partial charge in [0.15, 0.2) is 17.3 Å². The van der Waals surface area contributed by atoms with Gasteiger partial charge in [0, 0.05) is 12.1 Å². The second-order valence-corrected chi connectivity index (χ2v) is 6.86. The van der Waals surface area contributed by atoms with Crippen molar-refractivity contribution < 1.29 is 27.1 Å². The first kappa shape index (κ1) is 21.4. The van der Waals surface area contributed by atoms with Crippen molar-refractivity contribution in [3.05, 3.63) is 82.9 Å². The summed E-state index contributed by atoms with van der Waals surface area (Å²) >= 11 is 0. The maximum absolute atomic E-state index is 14.6. The molecule has 3 rings (SSSR count). The molecule has 1 N–H and O–H groups in total. The second kappa shape index (κ2) is 8.98. The fourth-order valence-electron chi connectivity index (χ4n) is 2.98.